The highest BCUT2D eigenvalue weighted by atomic mass is 16.5. The van der Waals surface area contributed by atoms with Crippen LogP contribution >= 0.6 is 0 Å². The van der Waals surface area contributed by atoms with Gasteiger partial charge in [0, 0.05) is 32.0 Å². The van der Waals surface area contributed by atoms with Crippen molar-refractivity contribution in [2.24, 2.45) is 0 Å². The number of carbonyl (C=O) groups excluding carboxylic acids is 1. The van der Waals surface area contributed by atoms with Crippen LogP contribution in [0.15, 0.2) is 30.6 Å². The molecule has 1 saturated heterocycles. The second kappa shape index (κ2) is 8.51. The molecular weight excluding hydrogens is 332 g/mol. The van der Waals surface area contributed by atoms with E-state index >= 15 is 0 Å². The summed E-state index contributed by atoms with van der Waals surface area (Å²) in [5.74, 6) is 1.78. The molecule has 1 aliphatic rings. The highest BCUT2D eigenvalue weighted by Gasteiger charge is 2.14. The van der Waals surface area contributed by atoms with Gasteiger partial charge in [-0.15, -0.1) is 0 Å². The molecule has 0 atom stereocenters. The summed E-state index contributed by atoms with van der Waals surface area (Å²) >= 11 is 0. The lowest BCUT2D eigenvalue weighted by atomic mass is 10.1. The number of rotatable bonds is 6. The summed E-state index contributed by atoms with van der Waals surface area (Å²) in [6, 6.07) is 5.55. The Labute approximate surface area is 153 Å². The molecule has 1 aliphatic heterocycles. The second-order valence-electron chi connectivity index (χ2n) is 6.19. The molecule has 1 aromatic carbocycles. The first-order chi connectivity index (χ1) is 12.7. The molecule has 0 saturated carbocycles. The van der Waals surface area contributed by atoms with E-state index in [0.717, 1.165) is 31.5 Å². The van der Waals surface area contributed by atoms with Gasteiger partial charge in [0.15, 0.2) is 11.5 Å². The van der Waals surface area contributed by atoms with E-state index in [1.54, 1.807) is 26.6 Å². The van der Waals surface area contributed by atoms with E-state index < -0.39 is 0 Å². The maximum absolute atomic E-state index is 12.3. The minimum atomic E-state index is -0.204. The SMILES string of the molecule is COc1ccc(CNC(=O)c2cnc(N3CCCCC3)nc2)cc1OC. The van der Waals surface area contributed by atoms with E-state index in [9.17, 15) is 4.79 Å². The molecule has 26 heavy (non-hydrogen) atoms. The number of nitrogens with one attached hydrogen (secondary N) is 1. The average Bonchev–Trinajstić information content (AvgIpc) is 2.72. The highest BCUT2D eigenvalue weighted by Crippen LogP contribution is 2.27. The van der Waals surface area contributed by atoms with Crippen molar-refractivity contribution in [1.29, 1.82) is 0 Å². The average molecular weight is 356 g/mol. The maximum atomic E-state index is 12.3. The molecule has 0 unspecified atom stereocenters. The van der Waals surface area contributed by atoms with Crippen molar-refractivity contribution >= 4 is 11.9 Å². The van der Waals surface area contributed by atoms with Crippen molar-refractivity contribution in [3.63, 3.8) is 0 Å². The smallest absolute Gasteiger partial charge is 0.254 e. The molecule has 2 heterocycles. The highest BCUT2D eigenvalue weighted by molar-refractivity contribution is 5.93. The summed E-state index contributed by atoms with van der Waals surface area (Å²) in [6.45, 7) is 2.34. The van der Waals surface area contributed by atoms with Gasteiger partial charge in [0.05, 0.1) is 19.8 Å². The van der Waals surface area contributed by atoms with Crippen molar-refractivity contribution < 1.29 is 14.3 Å². The fourth-order valence-electron chi connectivity index (χ4n) is 2.97. The lowest BCUT2D eigenvalue weighted by Gasteiger charge is -2.26. The predicted octanol–water partition coefficient (Wildman–Crippen LogP) is 2.41. The molecular formula is C19H24N4O3. The number of benzene rings is 1. The zero-order valence-corrected chi connectivity index (χ0v) is 15.2. The van der Waals surface area contributed by atoms with Gasteiger partial charge in [0.2, 0.25) is 5.95 Å². The van der Waals surface area contributed by atoms with E-state index in [1.807, 2.05) is 18.2 Å². The van der Waals surface area contributed by atoms with Crippen LogP contribution in [0, 0.1) is 0 Å². The van der Waals surface area contributed by atoms with Gasteiger partial charge in [-0.3, -0.25) is 4.79 Å². The summed E-state index contributed by atoms with van der Waals surface area (Å²) in [4.78, 5) is 23.2. The van der Waals surface area contributed by atoms with Crippen LogP contribution in [0.2, 0.25) is 0 Å². The maximum Gasteiger partial charge on any atom is 0.254 e. The Kier molecular flexibility index (Phi) is 5.88. The largest absolute Gasteiger partial charge is 0.493 e. The number of methoxy groups -OCH3 is 2. The monoisotopic (exact) mass is 356 g/mol. The Hall–Kier alpha value is -2.83. The fraction of sp³-hybridized carbons (Fsp3) is 0.421. The molecule has 2 aromatic rings. The molecule has 1 amide bonds. The Morgan fingerprint density at radius 2 is 1.77 bits per heavy atom. The van der Waals surface area contributed by atoms with Crippen molar-refractivity contribution in [3.05, 3.63) is 41.7 Å². The first-order valence-corrected chi connectivity index (χ1v) is 8.77. The lowest BCUT2D eigenvalue weighted by molar-refractivity contribution is 0.0950. The van der Waals surface area contributed by atoms with Crippen LogP contribution in [-0.2, 0) is 6.54 Å². The van der Waals surface area contributed by atoms with E-state index in [-0.39, 0.29) is 5.91 Å². The molecule has 3 rings (SSSR count). The summed E-state index contributed by atoms with van der Waals surface area (Å²) in [7, 11) is 3.17. The normalized spacial score (nSPS) is 14.0. The van der Waals surface area contributed by atoms with Crippen LogP contribution in [0.5, 0.6) is 11.5 Å². The van der Waals surface area contributed by atoms with Crippen LogP contribution in [-0.4, -0.2) is 43.2 Å². The zero-order chi connectivity index (χ0) is 18.4. The first kappa shape index (κ1) is 18.0. The Bertz CT molecular complexity index is 743. The van der Waals surface area contributed by atoms with Crippen LogP contribution in [0.4, 0.5) is 5.95 Å². The second-order valence-corrected chi connectivity index (χ2v) is 6.19. The Morgan fingerprint density at radius 3 is 2.42 bits per heavy atom. The van der Waals surface area contributed by atoms with Gasteiger partial charge in [0.25, 0.3) is 5.91 Å². The minimum Gasteiger partial charge on any atom is -0.493 e. The molecule has 0 spiro atoms. The van der Waals surface area contributed by atoms with E-state index in [1.165, 1.54) is 6.42 Å². The molecule has 7 heteroatoms. The number of amides is 1. The summed E-state index contributed by atoms with van der Waals surface area (Å²) in [5.41, 5.74) is 1.37. The third kappa shape index (κ3) is 4.22. The Balaban J connectivity index is 1.59. The topological polar surface area (TPSA) is 76.6 Å². The number of anilines is 1. The van der Waals surface area contributed by atoms with Crippen molar-refractivity contribution in [3.8, 4) is 11.5 Å². The van der Waals surface area contributed by atoms with E-state index in [2.05, 4.69) is 20.2 Å². The molecule has 1 fully saturated rings. The quantitative estimate of drug-likeness (QED) is 0.857. The summed E-state index contributed by atoms with van der Waals surface area (Å²) in [6.07, 6.45) is 6.75. The van der Waals surface area contributed by atoms with Gasteiger partial charge >= 0.3 is 0 Å². The van der Waals surface area contributed by atoms with Crippen LogP contribution < -0.4 is 19.7 Å². The lowest BCUT2D eigenvalue weighted by Crippen LogP contribution is -2.31. The van der Waals surface area contributed by atoms with Gasteiger partial charge < -0.3 is 19.7 Å². The van der Waals surface area contributed by atoms with Gasteiger partial charge in [0.1, 0.15) is 0 Å². The standard InChI is InChI=1S/C19H24N4O3/c1-25-16-7-6-14(10-17(16)26-2)11-20-18(24)15-12-21-19(22-13-15)23-8-4-3-5-9-23/h6-7,10,12-13H,3-5,8-9,11H2,1-2H3,(H,20,24). The molecule has 0 bridgehead atoms. The third-order valence-electron chi connectivity index (χ3n) is 4.44. The summed E-state index contributed by atoms with van der Waals surface area (Å²) < 4.78 is 10.5. The molecule has 0 radical (unpaired) electrons. The van der Waals surface area contributed by atoms with E-state index in [0.29, 0.717) is 29.6 Å². The molecule has 1 aromatic heterocycles. The molecule has 138 valence electrons. The fourth-order valence-corrected chi connectivity index (χ4v) is 2.97. The number of aromatic nitrogens is 2. The number of ether oxygens (including phenoxy) is 2. The molecule has 7 nitrogen and oxygen atoms in total. The van der Waals surface area contributed by atoms with Gasteiger partial charge in [-0.2, -0.15) is 0 Å². The van der Waals surface area contributed by atoms with Crippen LogP contribution in [0.25, 0.3) is 0 Å². The number of hydrogen-bond donors (Lipinski definition) is 1. The van der Waals surface area contributed by atoms with Gasteiger partial charge in [-0.05, 0) is 37.0 Å². The zero-order valence-electron chi connectivity index (χ0n) is 15.2. The van der Waals surface area contributed by atoms with Gasteiger partial charge in [-0.1, -0.05) is 6.07 Å². The Morgan fingerprint density at radius 1 is 1.08 bits per heavy atom. The number of carbonyl (C=O) groups is 1. The number of nitrogens with zero attached hydrogens (tertiary/aromatic N) is 3. The minimum absolute atomic E-state index is 0.204. The van der Waals surface area contributed by atoms with Gasteiger partial charge in [-0.25, -0.2) is 9.97 Å². The van der Waals surface area contributed by atoms with Crippen LogP contribution in [0.3, 0.4) is 0 Å². The predicted molar refractivity (Wildman–Crippen MR) is 98.8 cm³/mol. The van der Waals surface area contributed by atoms with Crippen molar-refractivity contribution in [2.75, 3.05) is 32.2 Å². The molecule has 1 N–H and O–H groups in total. The molecule has 0 aliphatic carbocycles. The number of hydrogen-bond acceptors (Lipinski definition) is 6. The van der Waals surface area contributed by atoms with E-state index in [4.69, 9.17) is 9.47 Å². The number of piperidine rings is 1. The van der Waals surface area contributed by atoms with Crippen molar-refractivity contribution in [1.82, 2.24) is 15.3 Å². The van der Waals surface area contributed by atoms with Crippen molar-refractivity contribution in [2.45, 2.75) is 25.8 Å². The summed E-state index contributed by atoms with van der Waals surface area (Å²) in [5, 5.41) is 2.87. The third-order valence-corrected chi connectivity index (χ3v) is 4.44. The first-order valence-electron chi connectivity index (χ1n) is 8.77. The van der Waals surface area contributed by atoms with Crippen LogP contribution in [0.1, 0.15) is 35.2 Å².